The molecule has 0 radical (unpaired) electrons. The molecule has 14 heavy (non-hydrogen) atoms. The quantitative estimate of drug-likeness (QED) is 0.613. The summed E-state index contributed by atoms with van der Waals surface area (Å²) in [7, 11) is 0. The minimum atomic E-state index is -0.0989. The summed E-state index contributed by atoms with van der Waals surface area (Å²) in [4.78, 5) is 0. The number of aromatic amines is 1. The number of tetrazole rings is 1. The predicted molar refractivity (Wildman–Crippen MR) is 49.3 cm³/mol. The number of hydrogen-bond donors (Lipinski definition) is 3. The van der Waals surface area contributed by atoms with Crippen LogP contribution in [0.25, 0.3) is 0 Å². The summed E-state index contributed by atoms with van der Waals surface area (Å²) in [5.74, 6) is 0.691. The molecule has 3 N–H and O–H groups in total. The monoisotopic (exact) mass is 197 g/mol. The maximum atomic E-state index is 9.31. The van der Waals surface area contributed by atoms with Crippen molar-refractivity contribution in [2.45, 2.75) is 44.4 Å². The summed E-state index contributed by atoms with van der Waals surface area (Å²) in [6.45, 7) is 0.650. The van der Waals surface area contributed by atoms with Crippen LogP contribution < -0.4 is 5.32 Å². The lowest BCUT2D eigenvalue weighted by atomic mass is 9.93. The fourth-order valence-electron chi connectivity index (χ4n) is 1.77. The average molecular weight is 197 g/mol. The number of rotatable bonds is 3. The third kappa shape index (κ3) is 2.49. The van der Waals surface area contributed by atoms with Gasteiger partial charge in [-0.05, 0) is 25.7 Å². The van der Waals surface area contributed by atoms with E-state index in [1.807, 2.05) is 0 Å². The van der Waals surface area contributed by atoms with Crippen LogP contribution in [0.2, 0.25) is 0 Å². The van der Waals surface area contributed by atoms with Crippen molar-refractivity contribution in [3.63, 3.8) is 0 Å². The van der Waals surface area contributed by atoms with Crippen molar-refractivity contribution in [2.24, 2.45) is 0 Å². The fourth-order valence-corrected chi connectivity index (χ4v) is 1.77. The van der Waals surface area contributed by atoms with Crippen LogP contribution in [0.4, 0.5) is 0 Å². The van der Waals surface area contributed by atoms with Gasteiger partial charge in [-0.25, -0.2) is 0 Å². The molecule has 0 aliphatic heterocycles. The maximum Gasteiger partial charge on any atom is 0.188 e. The first-order valence-electron chi connectivity index (χ1n) is 4.98. The second-order valence-electron chi connectivity index (χ2n) is 3.71. The zero-order valence-electron chi connectivity index (χ0n) is 7.98. The number of nitrogens with zero attached hydrogens (tertiary/aromatic N) is 3. The molecule has 1 saturated carbocycles. The third-order valence-corrected chi connectivity index (χ3v) is 2.63. The van der Waals surface area contributed by atoms with Gasteiger partial charge in [0.05, 0.1) is 12.6 Å². The van der Waals surface area contributed by atoms with Gasteiger partial charge < -0.3 is 10.4 Å². The Balaban J connectivity index is 1.71. The van der Waals surface area contributed by atoms with E-state index >= 15 is 0 Å². The molecule has 0 amide bonds. The topological polar surface area (TPSA) is 86.7 Å². The van der Waals surface area contributed by atoms with E-state index in [-0.39, 0.29) is 6.10 Å². The van der Waals surface area contributed by atoms with E-state index in [2.05, 4.69) is 25.9 Å². The first-order chi connectivity index (χ1) is 6.84. The minimum absolute atomic E-state index is 0.0989. The number of H-pyrrole nitrogens is 1. The largest absolute Gasteiger partial charge is 0.393 e. The molecule has 1 aromatic heterocycles. The second kappa shape index (κ2) is 4.47. The van der Waals surface area contributed by atoms with E-state index in [0.717, 1.165) is 25.7 Å². The van der Waals surface area contributed by atoms with Crippen LogP contribution in [0, 0.1) is 0 Å². The molecule has 1 heterocycles. The summed E-state index contributed by atoms with van der Waals surface area (Å²) in [5, 5.41) is 26.3. The lowest BCUT2D eigenvalue weighted by Gasteiger charge is -2.25. The molecule has 1 aliphatic carbocycles. The summed E-state index contributed by atoms with van der Waals surface area (Å²) in [6.07, 6.45) is 3.74. The van der Waals surface area contributed by atoms with Crippen LogP contribution in [-0.2, 0) is 6.54 Å². The van der Waals surface area contributed by atoms with Gasteiger partial charge in [0.1, 0.15) is 0 Å². The molecule has 1 aliphatic rings. The molecule has 6 nitrogen and oxygen atoms in total. The zero-order valence-corrected chi connectivity index (χ0v) is 7.98. The molecular weight excluding hydrogens is 182 g/mol. The Kier molecular flexibility index (Phi) is 3.05. The molecule has 0 unspecified atom stereocenters. The Bertz CT molecular complexity index is 255. The average Bonchev–Trinajstić information content (AvgIpc) is 2.70. The van der Waals surface area contributed by atoms with E-state index in [1.165, 1.54) is 0 Å². The highest BCUT2D eigenvalue weighted by Gasteiger charge is 2.18. The Morgan fingerprint density at radius 3 is 2.79 bits per heavy atom. The molecular formula is C8H15N5O. The van der Waals surface area contributed by atoms with Gasteiger partial charge in [-0.3, -0.25) is 0 Å². The summed E-state index contributed by atoms with van der Waals surface area (Å²) < 4.78 is 0. The van der Waals surface area contributed by atoms with Crippen LogP contribution in [0.1, 0.15) is 31.5 Å². The lowest BCUT2D eigenvalue weighted by Crippen LogP contribution is -2.34. The first kappa shape index (κ1) is 9.54. The number of nitrogens with one attached hydrogen (secondary N) is 2. The highest BCUT2D eigenvalue weighted by molar-refractivity contribution is 4.80. The Morgan fingerprint density at radius 2 is 2.14 bits per heavy atom. The Hall–Kier alpha value is -1.01. The predicted octanol–water partition coefficient (Wildman–Crippen LogP) is -0.407. The van der Waals surface area contributed by atoms with Gasteiger partial charge in [0.2, 0.25) is 0 Å². The first-order valence-corrected chi connectivity index (χ1v) is 4.98. The summed E-state index contributed by atoms with van der Waals surface area (Å²) in [5.41, 5.74) is 0. The van der Waals surface area contributed by atoms with Gasteiger partial charge in [0.25, 0.3) is 0 Å². The van der Waals surface area contributed by atoms with Crippen molar-refractivity contribution in [2.75, 3.05) is 0 Å². The van der Waals surface area contributed by atoms with Crippen LogP contribution in [-0.4, -0.2) is 37.9 Å². The molecule has 78 valence electrons. The van der Waals surface area contributed by atoms with Crippen molar-refractivity contribution in [1.29, 1.82) is 0 Å². The zero-order chi connectivity index (χ0) is 9.80. The summed E-state index contributed by atoms with van der Waals surface area (Å²) >= 11 is 0. The number of aliphatic hydroxyl groups excluding tert-OH is 1. The molecule has 0 aromatic carbocycles. The molecule has 0 atom stereocenters. The Morgan fingerprint density at radius 1 is 1.36 bits per heavy atom. The van der Waals surface area contributed by atoms with Gasteiger partial charge in [-0.2, -0.15) is 5.21 Å². The fraction of sp³-hybridized carbons (Fsp3) is 0.875. The summed E-state index contributed by atoms with van der Waals surface area (Å²) in [6, 6.07) is 0.483. The highest BCUT2D eigenvalue weighted by atomic mass is 16.3. The highest BCUT2D eigenvalue weighted by Crippen LogP contribution is 2.18. The number of hydrogen-bond acceptors (Lipinski definition) is 5. The minimum Gasteiger partial charge on any atom is -0.393 e. The van der Waals surface area contributed by atoms with E-state index in [0.29, 0.717) is 18.4 Å². The Labute approximate surface area is 82.1 Å². The van der Waals surface area contributed by atoms with Gasteiger partial charge in [-0.1, -0.05) is 5.21 Å². The van der Waals surface area contributed by atoms with Gasteiger partial charge in [0, 0.05) is 6.04 Å². The van der Waals surface area contributed by atoms with Crippen molar-refractivity contribution in [3.05, 3.63) is 5.82 Å². The van der Waals surface area contributed by atoms with Crippen LogP contribution in [0.5, 0.6) is 0 Å². The van der Waals surface area contributed by atoms with Gasteiger partial charge in [0.15, 0.2) is 5.82 Å². The maximum absolute atomic E-state index is 9.31. The SMILES string of the molecule is OC1CCC(NCc2nn[nH]n2)CC1. The number of aromatic nitrogens is 4. The van der Waals surface area contributed by atoms with E-state index in [1.54, 1.807) is 0 Å². The van der Waals surface area contributed by atoms with E-state index in [9.17, 15) is 5.11 Å². The standard InChI is InChI=1S/C8H15N5O/c14-7-3-1-6(2-4-7)9-5-8-10-12-13-11-8/h6-7,9,14H,1-5H2,(H,10,11,12,13). The number of aliphatic hydroxyl groups is 1. The molecule has 0 bridgehead atoms. The molecule has 1 aromatic rings. The van der Waals surface area contributed by atoms with Crippen LogP contribution in [0.15, 0.2) is 0 Å². The van der Waals surface area contributed by atoms with Gasteiger partial charge in [-0.15, -0.1) is 10.2 Å². The second-order valence-corrected chi connectivity index (χ2v) is 3.71. The molecule has 0 spiro atoms. The lowest BCUT2D eigenvalue weighted by molar-refractivity contribution is 0.116. The molecule has 6 heteroatoms. The van der Waals surface area contributed by atoms with Crippen LogP contribution >= 0.6 is 0 Å². The molecule has 1 fully saturated rings. The molecule has 0 saturated heterocycles. The smallest absolute Gasteiger partial charge is 0.188 e. The third-order valence-electron chi connectivity index (χ3n) is 2.63. The normalized spacial score (nSPS) is 27.8. The van der Waals surface area contributed by atoms with Crippen molar-refractivity contribution in [3.8, 4) is 0 Å². The van der Waals surface area contributed by atoms with Crippen molar-refractivity contribution < 1.29 is 5.11 Å². The van der Waals surface area contributed by atoms with Crippen molar-refractivity contribution in [1.82, 2.24) is 25.9 Å². The van der Waals surface area contributed by atoms with Crippen LogP contribution in [0.3, 0.4) is 0 Å². The molecule has 2 rings (SSSR count). The van der Waals surface area contributed by atoms with E-state index < -0.39 is 0 Å². The van der Waals surface area contributed by atoms with Crippen molar-refractivity contribution >= 4 is 0 Å². The van der Waals surface area contributed by atoms with E-state index in [4.69, 9.17) is 0 Å². The van der Waals surface area contributed by atoms with Gasteiger partial charge >= 0.3 is 0 Å².